The number of carbonyl (C=O) groups is 1. The molecule has 3 aromatic rings. The summed E-state index contributed by atoms with van der Waals surface area (Å²) in [5.41, 5.74) is 1.98. The molecule has 24 heavy (non-hydrogen) atoms. The molecule has 0 saturated heterocycles. The molecular weight excluding hydrogens is 306 g/mol. The van der Waals surface area contributed by atoms with Crippen molar-refractivity contribution in [1.29, 1.82) is 0 Å². The fourth-order valence-corrected chi connectivity index (χ4v) is 2.22. The second kappa shape index (κ2) is 6.11. The molecule has 3 heterocycles. The summed E-state index contributed by atoms with van der Waals surface area (Å²) in [6.45, 7) is 3.80. The first-order valence-corrected chi connectivity index (χ1v) is 7.27. The highest BCUT2D eigenvalue weighted by Gasteiger charge is 2.28. The Kier molecular flexibility index (Phi) is 3.99. The first kappa shape index (κ1) is 15.7. The first-order chi connectivity index (χ1) is 11.5. The van der Waals surface area contributed by atoms with Crippen molar-refractivity contribution in [3.05, 3.63) is 66.4 Å². The summed E-state index contributed by atoms with van der Waals surface area (Å²) in [5, 5.41) is 9.10. The molecule has 0 aromatic carbocycles. The van der Waals surface area contributed by atoms with Gasteiger partial charge in [0.05, 0.1) is 34.9 Å². The number of aromatic nitrogens is 5. The van der Waals surface area contributed by atoms with Gasteiger partial charge in [-0.3, -0.25) is 15.0 Å². The maximum absolute atomic E-state index is 11.1. The second-order valence-electron chi connectivity index (χ2n) is 5.75. The van der Waals surface area contributed by atoms with E-state index in [1.165, 1.54) is 6.20 Å². The number of carboxylic acids is 1. The fraction of sp³-hybridized carbons (Fsp3) is 0.176. The van der Waals surface area contributed by atoms with E-state index in [9.17, 15) is 4.79 Å². The van der Waals surface area contributed by atoms with Crippen LogP contribution in [-0.2, 0) is 5.41 Å². The van der Waals surface area contributed by atoms with Crippen LogP contribution in [0, 0.1) is 0 Å². The Morgan fingerprint density at radius 1 is 0.958 bits per heavy atom. The van der Waals surface area contributed by atoms with E-state index < -0.39 is 11.4 Å². The van der Waals surface area contributed by atoms with Gasteiger partial charge >= 0.3 is 5.97 Å². The van der Waals surface area contributed by atoms with Crippen molar-refractivity contribution in [2.45, 2.75) is 19.3 Å². The third-order valence-electron chi connectivity index (χ3n) is 3.73. The molecule has 0 atom stereocenters. The molecule has 7 nitrogen and oxygen atoms in total. The zero-order valence-electron chi connectivity index (χ0n) is 13.2. The Morgan fingerprint density at radius 2 is 1.67 bits per heavy atom. The van der Waals surface area contributed by atoms with E-state index in [0.29, 0.717) is 17.1 Å². The van der Waals surface area contributed by atoms with Gasteiger partial charge in [0, 0.05) is 30.4 Å². The Balaban J connectivity index is 2.04. The molecular formula is C17H15N5O2. The molecule has 7 heteroatoms. The lowest BCUT2D eigenvalue weighted by atomic mass is 9.86. The number of nitrogens with zero attached hydrogens (tertiary/aromatic N) is 5. The lowest BCUT2D eigenvalue weighted by molar-refractivity contribution is 0.0689. The van der Waals surface area contributed by atoms with Gasteiger partial charge in [-0.05, 0) is 26.0 Å². The molecule has 3 aromatic heterocycles. The summed E-state index contributed by atoms with van der Waals surface area (Å²) in [6, 6.07) is 3.73. The SMILES string of the molecule is CC(C)(c1cncc(C(=O)O)n1)c1cncc(-c2cccnc2)n1. The zero-order chi connectivity index (χ0) is 17.2. The zero-order valence-corrected chi connectivity index (χ0v) is 13.2. The molecule has 1 N–H and O–H groups in total. The molecule has 0 bridgehead atoms. The standard InChI is InChI=1S/C17H15N5O2/c1-17(2,15-10-20-8-13(22-15)16(23)24)14-9-19-7-12(21-14)11-4-3-5-18-6-11/h3-10H,1-2H3,(H,23,24). The lowest BCUT2D eigenvalue weighted by Crippen LogP contribution is -2.24. The summed E-state index contributed by atoms with van der Waals surface area (Å²) in [7, 11) is 0. The molecule has 0 aliphatic rings. The largest absolute Gasteiger partial charge is 0.476 e. The summed E-state index contributed by atoms with van der Waals surface area (Å²) >= 11 is 0. The monoisotopic (exact) mass is 321 g/mol. The molecule has 0 aliphatic carbocycles. The van der Waals surface area contributed by atoms with Crippen LogP contribution < -0.4 is 0 Å². The van der Waals surface area contributed by atoms with Gasteiger partial charge in [0.1, 0.15) is 0 Å². The summed E-state index contributed by atoms with van der Waals surface area (Å²) in [4.78, 5) is 32.3. The minimum atomic E-state index is -1.12. The van der Waals surface area contributed by atoms with Gasteiger partial charge < -0.3 is 5.11 Å². The van der Waals surface area contributed by atoms with Gasteiger partial charge in [-0.25, -0.2) is 14.8 Å². The summed E-state index contributed by atoms with van der Waals surface area (Å²) in [5.74, 6) is -1.12. The van der Waals surface area contributed by atoms with E-state index in [1.807, 2.05) is 26.0 Å². The molecule has 0 spiro atoms. The van der Waals surface area contributed by atoms with Crippen LogP contribution in [0.1, 0.15) is 35.7 Å². The highest BCUT2D eigenvalue weighted by atomic mass is 16.4. The topological polar surface area (TPSA) is 102 Å². The van der Waals surface area contributed by atoms with Crippen molar-refractivity contribution >= 4 is 5.97 Å². The molecule has 120 valence electrons. The van der Waals surface area contributed by atoms with Gasteiger partial charge in [0.25, 0.3) is 0 Å². The summed E-state index contributed by atoms with van der Waals surface area (Å²) in [6.07, 6.45) is 9.48. The van der Waals surface area contributed by atoms with Gasteiger partial charge in [0.2, 0.25) is 0 Å². The van der Waals surface area contributed by atoms with E-state index in [2.05, 4.69) is 24.9 Å². The van der Waals surface area contributed by atoms with Crippen LogP contribution in [0.3, 0.4) is 0 Å². The van der Waals surface area contributed by atoms with Crippen molar-refractivity contribution in [2.75, 3.05) is 0 Å². The van der Waals surface area contributed by atoms with E-state index in [-0.39, 0.29) is 5.69 Å². The van der Waals surface area contributed by atoms with E-state index >= 15 is 0 Å². The van der Waals surface area contributed by atoms with Crippen LogP contribution >= 0.6 is 0 Å². The normalized spacial score (nSPS) is 11.2. The predicted molar refractivity (Wildman–Crippen MR) is 86.4 cm³/mol. The van der Waals surface area contributed by atoms with Crippen LogP contribution in [0.4, 0.5) is 0 Å². The average molecular weight is 321 g/mol. The molecule has 0 fully saturated rings. The number of pyridine rings is 1. The Hall–Kier alpha value is -3.22. The maximum atomic E-state index is 11.1. The highest BCUT2D eigenvalue weighted by molar-refractivity contribution is 5.84. The van der Waals surface area contributed by atoms with Crippen LogP contribution in [0.15, 0.2) is 49.3 Å². The number of carboxylic acid groups (broad SMARTS) is 1. The van der Waals surface area contributed by atoms with Crippen molar-refractivity contribution in [3.63, 3.8) is 0 Å². The smallest absolute Gasteiger partial charge is 0.356 e. The minimum absolute atomic E-state index is 0.100. The van der Waals surface area contributed by atoms with E-state index in [1.54, 1.807) is 31.0 Å². The fourth-order valence-electron chi connectivity index (χ4n) is 2.22. The summed E-state index contributed by atoms with van der Waals surface area (Å²) < 4.78 is 0. The van der Waals surface area contributed by atoms with Gasteiger partial charge in [0.15, 0.2) is 5.69 Å². The van der Waals surface area contributed by atoms with Crippen LogP contribution in [0.2, 0.25) is 0 Å². The van der Waals surface area contributed by atoms with Crippen molar-refractivity contribution in [1.82, 2.24) is 24.9 Å². The van der Waals surface area contributed by atoms with Crippen LogP contribution in [-0.4, -0.2) is 36.0 Å². The third-order valence-corrected chi connectivity index (χ3v) is 3.73. The molecule has 0 amide bonds. The predicted octanol–water partition coefficient (Wildman–Crippen LogP) is 2.35. The van der Waals surface area contributed by atoms with Gasteiger partial charge in [-0.1, -0.05) is 0 Å². The average Bonchev–Trinajstić information content (AvgIpc) is 2.62. The Morgan fingerprint density at radius 3 is 2.33 bits per heavy atom. The Labute approximate surface area is 138 Å². The number of hydrogen-bond donors (Lipinski definition) is 1. The number of aromatic carboxylic acids is 1. The van der Waals surface area contributed by atoms with Gasteiger partial charge in [-0.2, -0.15) is 0 Å². The molecule has 3 rings (SSSR count). The number of rotatable bonds is 4. The van der Waals surface area contributed by atoms with Crippen LogP contribution in [0.5, 0.6) is 0 Å². The molecule has 0 aliphatic heterocycles. The molecule has 0 radical (unpaired) electrons. The maximum Gasteiger partial charge on any atom is 0.356 e. The first-order valence-electron chi connectivity index (χ1n) is 7.27. The van der Waals surface area contributed by atoms with E-state index in [0.717, 1.165) is 5.56 Å². The minimum Gasteiger partial charge on any atom is -0.476 e. The Bertz CT molecular complexity index is 881. The molecule has 0 unspecified atom stereocenters. The lowest BCUT2D eigenvalue weighted by Gasteiger charge is -2.23. The van der Waals surface area contributed by atoms with E-state index in [4.69, 9.17) is 5.11 Å². The van der Waals surface area contributed by atoms with Crippen molar-refractivity contribution in [2.24, 2.45) is 0 Å². The molecule has 0 saturated carbocycles. The van der Waals surface area contributed by atoms with Crippen molar-refractivity contribution < 1.29 is 9.90 Å². The van der Waals surface area contributed by atoms with Crippen molar-refractivity contribution in [3.8, 4) is 11.3 Å². The van der Waals surface area contributed by atoms with Crippen LogP contribution in [0.25, 0.3) is 11.3 Å². The van der Waals surface area contributed by atoms with Gasteiger partial charge in [-0.15, -0.1) is 0 Å². The second-order valence-corrected chi connectivity index (χ2v) is 5.75. The third kappa shape index (κ3) is 2.96. The number of hydrogen-bond acceptors (Lipinski definition) is 6. The highest BCUT2D eigenvalue weighted by Crippen LogP contribution is 2.29. The quantitative estimate of drug-likeness (QED) is 0.787.